The number of sulfonamides is 1. The first-order chi connectivity index (χ1) is 12.9. The number of allylic oxidation sites excluding steroid dienone is 1. The molecule has 0 radical (unpaired) electrons. The molecular weight excluding hydrogens is 382 g/mol. The lowest BCUT2D eigenvalue weighted by Crippen LogP contribution is -2.26. The number of nitrogens with one attached hydrogen (secondary N) is 2. The van der Waals surface area contributed by atoms with Gasteiger partial charge in [0.2, 0.25) is 10.0 Å². The van der Waals surface area contributed by atoms with Gasteiger partial charge in [0.15, 0.2) is 0 Å². The van der Waals surface area contributed by atoms with E-state index in [1.807, 2.05) is 38.1 Å². The largest absolute Gasteiger partial charge is 0.326 e. The number of H-pyrrole nitrogens is 1. The van der Waals surface area contributed by atoms with Crippen LogP contribution in [-0.2, 0) is 22.9 Å². The molecule has 1 atom stereocenters. The highest BCUT2D eigenvalue weighted by Gasteiger charge is 2.29. The lowest BCUT2D eigenvalue weighted by Gasteiger charge is -2.15. The minimum Gasteiger partial charge on any atom is -0.326 e. The van der Waals surface area contributed by atoms with Gasteiger partial charge >= 0.3 is 0 Å². The van der Waals surface area contributed by atoms with Gasteiger partial charge in [0.05, 0.1) is 0 Å². The standard InChI is InChI=1S/C19H23N3O3S2/c1-3-14-12-16(13(2)22-19(14)23)17-7-8-18(26-17)27(24,25)21-11-9-15-6-4-5-10-20-15/h4-6,8,10,12,17,21H,3,7,9,11H2,1-2H3,(H,22,23). The molecule has 0 amide bonds. The van der Waals surface area contributed by atoms with E-state index in [1.54, 1.807) is 12.3 Å². The number of rotatable bonds is 7. The van der Waals surface area contributed by atoms with Crippen molar-refractivity contribution in [3.05, 3.63) is 73.6 Å². The Morgan fingerprint density at radius 2 is 2.19 bits per heavy atom. The second-order valence-electron chi connectivity index (χ2n) is 6.39. The molecule has 3 heterocycles. The molecule has 0 fully saturated rings. The van der Waals surface area contributed by atoms with Crippen LogP contribution in [0.25, 0.3) is 0 Å². The van der Waals surface area contributed by atoms with Gasteiger partial charge in [0.25, 0.3) is 5.56 Å². The molecular formula is C19H23N3O3S2. The molecule has 0 aromatic carbocycles. The van der Waals surface area contributed by atoms with Gasteiger partial charge in [0.1, 0.15) is 4.24 Å². The normalized spacial score (nSPS) is 17.1. The van der Waals surface area contributed by atoms with E-state index in [1.165, 1.54) is 11.8 Å². The average Bonchev–Trinajstić information content (AvgIpc) is 3.13. The zero-order valence-corrected chi connectivity index (χ0v) is 17.0. The topological polar surface area (TPSA) is 91.9 Å². The number of thioether (sulfide) groups is 1. The second-order valence-corrected chi connectivity index (χ2v) is 9.63. The van der Waals surface area contributed by atoms with E-state index >= 15 is 0 Å². The van der Waals surface area contributed by atoms with Gasteiger partial charge in [-0.3, -0.25) is 9.78 Å². The Kier molecular flexibility index (Phi) is 6.18. The van der Waals surface area contributed by atoms with Gasteiger partial charge in [-0.1, -0.05) is 19.1 Å². The van der Waals surface area contributed by atoms with E-state index in [9.17, 15) is 13.2 Å². The number of hydrogen-bond acceptors (Lipinski definition) is 5. The third kappa shape index (κ3) is 4.69. The average molecular weight is 406 g/mol. The second kappa shape index (κ2) is 8.41. The molecule has 1 aliphatic heterocycles. The van der Waals surface area contributed by atoms with E-state index in [-0.39, 0.29) is 10.8 Å². The Labute approximate surface area is 163 Å². The predicted octanol–water partition coefficient (Wildman–Crippen LogP) is 2.82. The van der Waals surface area contributed by atoms with Gasteiger partial charge in [-0.25, -0.2) is 13.1 Å². The molecule has 3 rings (SSSR count). The molecule has 0 saturated heterocycles. The van der Waals surface area contributed by atoms with Gasteiger partial charge in [-0.05, 0) is 43.5 Å². The van der Waals surface area contributed by atoms with Crippen LogP contribution in [0.5, 0.6) is 0 Å². The SMILES string of the molecule is CCc1cc(C2CC=C(S(=O)(=O)NCCc3ccccn3)S2)c(C)[nH]c1=O. The van der Waals surface area contributed by atoms with E-state index in [2.05, 4.69) is 14.7 Å². The molecule has 0 spiro atoms. The Balaban J connectivity index is 1.65. The number of aromatic amines is 1. The van der Waals surface area contributed by atoms with Crippen molar-refractivity contribution in [2.45, 2.75) is 38.4 Å². The lowest BCUT2D eigenvalue weighted by molar-refractivity contribution is 0.590. The first kappa shape index (κ1) is 19.9. The van der Waals surface area contributed by atoms with Crippen LogP contribution >= 0.6 is 11.8 Å². The molecule has 2 aromatic heterocycles. The van der Waals surface area contributed by atoms with Crippen LogP contribution in [0.3, 0.4) is 0 Å². The minimum absolute atomic E-state index is 0.00508. The summed E-state index contributed by atoms with van der Waals surface area (Å²) in [6.07, 6.45) is 5.26. The summed E-state index contributed by atoms with van der Waals surface area (Å²) in [5, 5.41) is -0.00508. The van der Waals surface area contributed by atoms with E-state index < -0.39 is 10.0 Å². The lowest BCUT2D eigenvalue weighted by atomic mass is 10.0. The van der Waals surface area contributed by atoms with Crippen molar-refractivity contribution >= 4 is 21.8 Å². The molecule has 2 aromatic rings. The zero-order valence-electron chi connectivity index (χ0n) is 15.4. The molecule has 27 heavy (non-hydrogen) atoms. The third-order valence-corrected chi connectivity index (χ3v) is 7.86. The molecule has 0 saturated carbocycles. The maximum Gasteiger partial charge on any atom is 0.251 e. The molecule has 8 heteroatoms. The Morgan fingerprint density at radius 1 is 1.37 bits per heavy atom. The van der Waals surface area contributed by atoms with Gasteiger partial charge in [-0.15, -0.1) is 11.8 Å². The van der Waals surface area contributed by atoms with Crippen molar-refractivity contribution in [3.8, 4) is 0 Å². The van der Waals surface area contributed by atoms with Crippen molar-refractivity contribution in [1.29, 1.82) is 0 Å². The smallest absolute Gasteiger partial charge is 0.251 e. The fraction of sp³-hybridized carbons (Fsp3) is 0.368. The first-order valence-corrected chi connectivity index (χ1v) is 11.3. The molecule has 6 nitrogen and oxygen atoms in total. The van der Waals surface area contributed by atoms with Gasteiger partial charge < -0.3 is 4.98 Å². The van der Waals surface area contributed by atoms with Crippen LogP contribution in [0.2, 0.25) is 0 Å². The summed E-state index contributed by atoms with van der Waals surface area (Å²) in [5.74, 6) is 0. The minimum atomic E-state index is -3.53. The highest BCUT2D eigenvalue weighted by Crippen LogP contribution is 2.46. The van der Waals surface area contributed by atoms with Crippen LogP contribution in [0, 0.1) is 6.92 Å². The number of aromatic nitrogens is 2. The molecule has 0 aliphatic carbocycles. The number of pyridine rings is 2. The third-order valence-electron chi connectivity index (χ3n) is 4.50. The maximum absolute atomic E-state index is 12.6. The van der Waals surface area contributed by atoms with Gasteiger partial charge in [-0.2, -0.15) is 0 Å². The predicted molar refractivity (Wildman–Crippen MR) is 109 cm³/mol. The van der Waals surface area contributed by atoms with Crippen LogP contribution in [0.4, 0.5) is 0 Å². The van der Waals surface area contributed by atoms with Crippen molar-refractivity contribution in [2.24, 2.45) is 0 Å². The summed E-state index contributed by atoms with van der Waals surface area (Å²) in [5.41, 5.74) is 3.29. The molecule has 0 bridgehead atoms. The summed E-state index contributed by atoms with van der Waals surface area (Å²) in [7, 11) is -3.53. The molecule has 144 valence electrons. The van der Waals surface area contributed by atoms with Crippen LogP contribution in [-0.4, -0.2) is 24.9 Å². The highest BCUT2D eigenvalue weighted by atomic mass is 32.3. The van der Waals surface area contributed by atoms with Crippen LogP contribution in [0.1, 0.15) is 41.1 Å². The summed E-state index contributed by atoms with van der Waals surface area (Å²) in [6, 6.07) is 7.49. The summed E-state index contributed by atoms with van der Waals surface area (Å²) >= 11 is 1.33. The quantitative estimate of drug-likeness (QED) is 0.739. The van der Waals surface area contributed by atoms with Crippen molar-refractivity contribution in [3.63, 3.8) is 0 Å². The van der Waals surface area contributed by atoms with Crippen molar-refractivity contribution < 1.29 is 8.42 Å². The number of hydrogen-bond donors (Lipinski definition) is 2. The zero-order chi connectivity index (χ0) is 19.4. The number of nitrogens with zero attached hydrogens (tertiary/aromatic N) is 1. The highest BCUT2D eigenvalue weighted by molar-refractivity contribution is 8.18. The summed E-state index contributed by atoms with van der Waals surface area (Å²) in [4.78, 5) is 19.0. The summed E-state index contributed by atoms with van der Waals surface area (Å²) < 4.78 is 28.2. The first-order valence-electron chi connectivity index (χ1n) is 8.89. The number of aryl methyl sites for hydroxylation is 2. The Morgan fingerprint density at radius 3 is 2.89 bits per heavy atom. The monoisotopic (exact) mass is 405 g/mol. The Bertz CT molecular complexity index is 999. The molecule has 2 N–H and O–H groups in total. The van der Waals surface area contributed by atoms with Crippen molar-refractivity contribution in [2.75, 3.05) is 6.54 Å². The fourth-order valence-corrected chi connectivity index (χ4v) is 5.91. The van der Waals surface area contributed by atoms with E-state index in [0.717, 1.165) is 22.5 Å². The van der Waals surface area contributed by atoms with Crippen LogP contribution < -0.4 is 10.3 Å². The molecule has 1 unspecified atom stereocenters. The Hall–Kier alpha value is -1.90. The van der Waals surface area contributed by atoms with Crippen molar-refractivity contribution in [1.82, 2.24) is 14.7 Å². The van der Waals surface area contributed by atoms with E-state index in [0.29, 0.717) is 30.0 Å². The maximum atomic E-state index is 12.6. The molecule has 1 aliphatic rings. The summed E-state index contributed by atoms with van der Waals surface area (Å²) in [6.45, 7) is 4.10. The fourth-order valence-electron chi connectivity index (χ4n) is 3.02. The van der Waals surface area contributed by atoms with Crippen LogP contribution in [0.15, 0.2) is 45.6 Å². The van der Waals surface area contributed by atoms with E-state index in [4.69, 9.17) is 0 Å². The van der Waals surface area contributed by atoms with Gasteiger partial charge in [0, 0.05) is 41.4 Å².